The first kappa shape index (κ1) is 14.3. The molecule has 18 heavy (non-hydrogen) atoms. The van der Waals surface area contributed by atoms with E-state index in [9.17, 15) is 18.0 Å². The summed E-state index contributed by atoms with van der Waals surface area (Å²) in [5.41, 5.74) is 4.74. The average molecular weight is 261 g/mol. The third-order valence-corrected chi connectivity index (χ3v) is 2.26. The molecule has 0 aliphatic carbocycles. The molecule has 7 heteroatoms. The number of hydrogen-bond donors (Lipinski definition) is 3. The third kappa shape index (κ3) is 3.92. The number of rotatable bonds is 4. The minimum atomic E-state index is -4.46. The van der Waals surface area contributed by atoms with E-state index in [4.69, 9.17) is 5.73 Å². The van der Waals surface area contributed by atoms with E-state index in [2.05, 4.69) is 10.6 Å². The third-order valence-electron chi connectivity index (χ3n) is 2.26. The number of nitrogens with one attached hydrogen (secondary N) is 2. The Hall–Kier alpha value is -1.76. The highest BCUT2D eigenvalue weighted by molar-refractivity contribution is 5.94. The molecule has 0 heterocycles. The first-order valence-electron chi connectivity index (χ1n) is 5.25. The zero-order valence-electron chi connectivity index (χ0n) is 9.77. The van der Waals surface area contributed by atoms with Crippen molar-refractivity contribution in [1.29, 1.82) is 0 Å². The molecule has 0 saturated carbocycles. The van der Waals surface area contributed by atoms with E-state index in [0.717, 1.165) is 18.2 Å². The minimum Gasteiger partial charge on any atom is -0.397 e. The van der Waals surface area contributed by atoms with Gasteiger partial charge in [0.15, 0.2) is 0 Å². The SMILES string of the molecule is CNCCC(=O)Nc1cc(C(F)(F)F)ccc1N. The molecular weight excluding hydrogens is 247 g/mol. The maximum Gasteiger partial charge on any atom is 0.416 e. The molecule has 0 aromatic heterocycles. The van der Waals surface area contributed by atoms with Crippen molar-refractivity contribution in [2.24, 2.45) is 0 Å². The number of anilines is 2. The van der Waals surface area contributed by atoms with Crippen LogP contribution in [-0.2, 0) is 11.0 Å². The van der Waals surface area contributed by atoms with Crippen LogP contribution < -0.4 is 16.4 Å². The highest BCUT2D eigenvalue weighted by Gasteiger charge is 2.31. The van der Waals surface area contributed by atoms with Crippen LogP contribution in [0.1, 0.15) is 12.0 Å². The number of amides is 1. The van der Waals surface area contributed by atoms with Crippen molar-refractivity contribution in [2.75, 3.05) is 24.6 Å². The molecule has 0 saturated heterocycles. The largest absolute Gasteiger partial charge is 0.416 e. The molecule has 1 aromatic carbocycles. The molecular formula is C11H14F3N3O. The molecule has 1 aromatic rings. The number of alkyl halides is 3. The summed E-state index contributed by atoms with van der Waals surface area (Å²) in [5.74, 6) is -0.393. The van der Waals surface area contributed by atoms with Crippen molar-refractivity contribution >= 4 is 17.3 Å². The van der Waals surface area contributed by atoms with Gasteiger partial charge in [0.2, 0.25) is 5.91 Å². The van der Waals surface area contributed by atoms with Crippen LogP contribution in [0.25, 0.3) is 0 Å². The van der Waals surface area contributed by atoms with Crippen molar-refractivity contribution in [3.63, 3.8) is 0 Å². The van der Waals surface area contributed by atoms with Crippen LogP contribution >= 0.6 is 0 Å². The fraction of sp³-hybridized carbons (Fsp3) is 0.364. The Balaban J connectivity index is 2.85. The van der Waals surface area contributed by atoms with E-state index < -0.39 is 17.6 Å². The van der Waals surface area contributed by atoms with Gasteiger partial charge in [-0.15, -0.1) is 0 Å². The van der Waals surface area contributed by atoms with Gasteiger partial charge >= 0.3 is 6.18 Å². The van der Waals surface area contributed by atoms with Crippen molar-refractivity contribution in [2.45, 2.75) is 12.6 Å². The summed E-state index contributed by atoms with van der Waals surface area (Å²) < 4.78 is 37.4. The highest BCUT2D eigenvalue weighted by atomic mass is 19.4. The summed E-state index contributed by atoms with van der Waals surface area (Å²) in [4.78, 5) is 11.4. The molecule has 0 unspecified atom stereocenters. The van der Waals surface area contributed by atoms with Crippen molar-refractivity contribution < 1.29 is 18.0 Å². The van der Waals surface area contributed by atoms with Gasteiger partial charge < -0.3 is 16.4 Å². The normalized spacial score (nSPS) is 11.3. The van der Waals surface area contributed by atoms with E-state index in [1.54, 1.807) is 7.05 Å². The number of nitrogen functional groups attached to an aromatic ring is 1. The number of carbonyl (C=O) groups excluding carboxylic acids is 1. The zero-order chi connectivity index (χ0) is 13.8. The molecule has 0 aliphatic rings. The van der Waals surface area contributed by atoms with Gasteiger partial charge in [-0.3, -0.25) is 4.79 Å². The Morgan fingerprint density at radius 3 is 2.61 bits per heavy atom. The summed E-state index contributed by atoms with van der Waals surface area (Å²) in [6.45, 7) is 0.435. The second-order valence-corrected chi connectivity index (χ2v) is 3.70. The van der Waals surface area contributed by atoms with Crippen LogP contribution in [0.15, 0.2) is 18.2 Å². The Morgan fingerprint density at radius 1 is 1.39 bits per heavy atom. The molecule has 0 spiro atoms. The van der Waals surface area contributed by atoms with Crippen LogP contribution in [-0.4, -0.2) is 19.5 Å². The maximum absolute atomic E-state index is 12.5. The fourth-order valence-corrected chi connectivity index (χ4v) is 1.29. The second kappa shape index (κ2) is 5.72. The molecule has 0 fully saturated rings. The predicted octanol–water partition coefficient (Wildman–Crippen LogP) is 1.84. The van der Waals surface area contributed by atoms with Gasteiger partial charge in [0.05, 0.1) is 16.9 Å². The lowest BCUT2D eigenvalue weighted by molar-refractivity contribution is -0.137. The molecule has 100 valence electrons. The lowest BCUT2D eigenvalue weighted by Crippen LogP contribution is -2.19. The number of halogens is 3. The molecule has 0 radical (unpaired) electrons. The molecule has 4 N–H and O–H groups in total. The molecule has 4 nitrogen and oxygen atoms in total. The predicted molar refractivity (Wildman–Crippen MR) is 63.0 cm³/mol. The van der Waals surface area contributed by atoms with Crippen molar-refractivity contribution in [1.82, 2.24) is 5.32 Å². The second-order valence-electron chi connectivity index (χ2n) is 3.70. The maximum atomic E-state index is 12.5. The van der Waals surface area contributed by atoms with Gasteiger partial charge in [-0.25, -0.2) is 0 Å². The Bertz CT molecular complexity index is 432. The standard InChI is InChI=1S/C11H14F3N3O/c1-16-5-4-10(18)17-9-6-7(11(12,13)14)2-3-8(9)15/h2-3,6,16H,4-5,15H2,1H3,(H,17,18). The summed E-state index contributed by atoms with van der Waals surface area (Å²) in [6, 6.07) is 2.82. The van der Waals surface area contributed by atoms with Gasteiger partial charge in [-0.2, -0.15) is 13.2 Å². The molecule has 0 aliphatic heterocycles. The molecule has 1 rings (SSSR count). The van der Waals surface area contributed by atoms with Gasteiger partial charge in [0, 0.05) is 13.0 Å². The summed E-state index contributed by atoms with van der Waals surface area (Å²) in [7, 11) is 1.67. The summed E-state index contributed by atoms with van der Waals surface area (Å²) in [6.07, 6.45) is -4.30. The Kier molecular flexibility index (Phi) is 4.55. The van der Waals surface area contributed by atoms with Gasteiger partial charge in [0.1, 0.15) is 0 Å². The number of nitrogens with two attached hydrogens (primary N) is 1. The van der Waals surface area contributed by atoms with Crippen molar-refractivity contribution in [3.8, 4) is 0 Å². The lowest BCUT2D eigenvalue weighted by Gasteiger charge is -2.12. The number of benzene rings is 1. The number of carbonyl (C=O) groups is 1. The van der Waals surface area contributed by atoms with E-state index in [1.165, 1.54) is 0 Å². The smallest absolute Gasteiger partial charge is 0.397 e. The first-order valence-corrected chi connectivity index (χ1v) is 5.25. The van der Waals surface area contributed by atoms with E-state index in [1.807, 2.05) is 0 Å². The van der Waals surface area contributed by atoms with E-state index >= 15 is 0 Å². The minimum absolute atomic E-state index is 0.0223. The van der Waals surface area contributed by atoms with Crippen LogP contribution in [0.5, 0.6) is 0 Å². The van der Waals surface area contributed by atoms with Crippen molar-refractivity contribution in [3.05, 3.63) is 23.8 Å². The lowest BCUT2D eigenvalue weighted by atomic mass is 10.1. The fourth-order valence-electron chi connectivity index (χ4n) is 1.29. The number of hydrogen-bond acceptors (Lipinski definition) is 3. The van der Waals surface area contributed by atoms with Gasteiger partial charge in [0.25, 0.3) is 0 Å². The van der Waals surface area contributed by atoms with E-state index in [0.29, 0.717) is 6.54 Å². The average Bonchev–Trinajstić information content (AvgIpc) is 2.28. The zero-order valence-corrected chi connectivity index (χ0v) is 9.77. The summed E-state index contributed by atoms with van der Waals surface area (Å²) >= 11 is 0. The van der Waals surface area contributed by atoms with Gasteiger partial charge in [-0.1, -0.05) is 0 Å². The monoisotopic (exact) mass is 261 g/mol. The van der Waals surface area contributed by atoms with Crippen LogP contribution in [0.2, 0.25) is 0 Å². The Morgan fingerprint density at radius 2 is 2.06 bits per heavy atom. The Labute approximate surface area is 102 Å². The molecule has 0 bridgehead atoms. The van der Waals surface area contributed by atoms with Crippen LogP contribution in [0, 0.1) is 0 Å². The van der Waals surface area contributed by atoms with Crippen LogP contribution in [0.3, 0.4) is 0 Å². The van der Waals surface area contributed by atoms with Crippen LogP contribution in [0.4, 0.5) is 24.5 Å². The quantitative estimate of drug-likeness (QED) is 0.724. The molecule has 0 atom stereocenters. The van der Waals surface area contributed by atoms with Gasteiger partial charge in [-0.05, 0) is 25.2 Å². The topological polar surface area (TPSA) is 67.2 Å². The molecule has 1 amide bonds. The summed E-state index contributed by atoms with van der Waals surface area (Å²) in [5, 5.41) is 5.12. The highest BCUT2D eigenvalue weighted by Crippen LogP contribution is 2.32. The first-order chi connectivity index (χ1) is 8.34. The van der Waals surface area contributed by atoms with E-state index in [-0.39, 0.29) is 17.8 Å².